The molecule has 1 atom stereocenters. The molecule has 30 heavy (non-hydrogen) atoms. The van der Waals surface area contributed by atoms with Crippen molar-refractivity contribution in [2.75, 3.05) is 30.8 Å². The predicted octanol–water partition coefficient (Wildman–Crippen LogP) is 3.00. The summed E-state index contributed by atoms with van der Waals surface area (Å²) in [5.41, 5.74) is 1.48. The SMILES string of the molecule is CCOc1ccc(N(C(CC)C(=O)NCCc2ccc(OC)cc2)S(C)(=O)=O)cc1. The van der Waals surface area contributed by atoms with Crippen molar-refractivity contribution in [2.45, 2.75) is 32.7 Å². The Labute approximate surface area is 179 Å². The number of carbonyl (C=O) groups is 1. The lowest BCUT2D eigenvalue weighted by molar-refractivity contribution is -0.122. The zero-order valence-electron chi connectivity index (χ0n) is 17.9. The second-order valence-electron chi connectivity index (χ2n) is 6.80. The topological polar surface area (TPSA) is 84.9 Å². The maximum atomic E-state index is 12.8. The van der Waals surface area contributed by atoms with E-state index in [1.54, 1.807) is 38.3 Å². The average Bonchev–Trinajstić information content (AvgIpc) is 2.72. The summed E-state index contributed by atoms with van der Waals surface area (Å²) in [6.45, 7) is 4.59. The third kappa shape index (κ3) is 6.38. The van der Waals surface area contributed by atoms with E-state index in [2.05, 4.69) is 5.32 Å². The van der Waals surface area contributed by atoms with Crippen LogP contribution in [0.15, 0.2) is 48.5 Å². The highest BCUT2D eigenvalue weighted by atomic mass is 32.2. The van der Waals surface area contributed by atoms with Crippen LogP contribution in [0.3, 0.4) is 0 Å². The van der Waals surface area contributed by atoms with E-state index in [1.807, 2.05) is 31.2 Å². The van der Waals surface area contributed by atoms with Crippen molar-refractivity contribution in [1.29, 1.82) is 0 Å². The third-order valence-corrected chi connectivity index (χ3v) is 5.78. The van der Waals surface area contributed by atoms with Crippen molar-refractivity contribution < 1.29 is 22.7 Å². The summed E-state index contributed by atoms with van der Waals surface area (Å²) in [5, 5.41) is 2.86. The predicted molar refractivity (Wildman–Crippen MR) is 119 cm³/mol. The van der Waals surface area contributed by atoms with Gasteiger partial charge in [-0.1, -0.05) is 19.1 Å². The van der Waals surface area contributed by atoms with Crippen LogP contribution in [0.4, 0.5) is 5.69 Å². The first kappa shape index (κ1) is 23.5. The van der Waals surface area contributed by atoms with Gasteiger partial charge in [-0.2, -0.15) is 0 Å². The van der Waals surface area contributed by atoms with Gasteiger partial charge in [-0.25, -0.2) is 8.42 Å². The summed E-state index contributed by atoms with van der Waals surface area (Å²) in [6, 6.07) is 13.5. The van der Waals surface area contributed by atoms with Gasteiger partial charge >= 0.3 is 0 Å². The number of hydrogen-bond donors (Lipinski definition) is 1. The van der Waals surface area contributed by atoms with Crippen LogP contribution in [-0.4, -0.2) is 46.9 Å². The Hall–Kier alpha value is -2.74. The number of benzene rings is 2. The molecule has 164 valence electrons. The fraction of sp³-hybridized carbons (Fsp3) is 0.409. The number of sulfonamides is 1. The summed E-state index contributed by atoms with van der Waals surface area (Å²) < 4.78 is 36.7. The van der Waals surface area contributed by atoms with Crippen molar-refractivity contribution in [3.8, 4) is 11.5 Å². The minimum atomic E-state index is -3.67. The van der Waals surface area contributed by atoms with Gasteiger partial charge in [-0.15, -0.1) is 0 Å². The molecule has 2 rings (SSSR count). The Morgan fingerprint density at radius 2 is 1.63 bits per heavy atom. The first-order chi connectivity index (χ1) is 14.3. The molecule has 1 N–H and O–H groups in total. The number of carbonyl (C=O) groups excluding carboxylic acids is 1. The number of nitrogens with zero attached hydrogens (tertiary/aromatic N) is 1. The van der Waals surface area contributed by atoms with Crippen LogP contribution < -0.4 is 19.1 Å². The molecule has 0 heterocycles. The zero-order chi connectivity index (χ0) is 22.1. The van der Waals surface area contributed by atoms with Crippen LogP contribution in [0.5, 0.6) is 11.5 Å². The van der Waals surface area contributed by atoms with E-state index >= 15 is 0 Å². The molecule has 0 aliphatic heterocycles. The van der Waals surface area contributed by atoms with Crippen LogP contribution in [0.2, 0.25) is 0 Å². The van der Waals surface area contributed by atoms with Crippen LogP contribution in [-0.2, 0) is 21.2 Å². The van der Waals surface area contributed by atoms with Crippen LogP contribution in [0.1, 0.15) is 25.8 Å². The van der Waals surface area contributed by atoms with E-state index in [9.17, 15) is 13.2 Å². The molecule has 0 saturated carbocycles. The summed E-state index contributed by atoms with van der Waals surface area (Å²) in [5.74, 6) is 1.09. The van der Waals surface area contributed by atoms with Crippen LogP contribution in [0, 0.1) is 0 Å². The Morgan fingerprint density at radius 3 is 2.13 bits per heavy atom. The number of ether oxygens (including phenoxy) is 2. The first-order valence-electron chi connectivity index (χ1n) is 9.93. The molecule has 7 nitrogen and oxygen atoms in total. The fourth-order valence-electron chi connectivity index (χ4n) is 3.16. The fourth-order valence-corrected chi connectivity index (χ4v) is 4.37. The quantitative estimate of drug-likeness (QED) is 0.588. The van der Waals surface area contributed by atoms with E-state index in [1.165, 1.54) is 4.31 Å². The molecular formula is C22H30N2O5S. The van der Waals surface area contributed by atoms with Gasteiger partial charge in [0, 0.05) is 6.54 Å². The Bertz CT molecular complexity index is 912. The standard InChI is InChI=1S/C22H30N2O5S/c1-5-21(22(25)23-16-15-17-7-11-19(28-3)12-8-17)24(30(4,26)27)18-9-13-20(14-10-18)29-6-2/h7-14,21H,5-6,15-16H2,1-4H3,(H,23,25). The normalized spacial score (nSPS) is 12.1. The maximum absolute atomic E-state index is 12.8. The summed E-state index contributed by atoms with van der Waals surface area (Å²) >= 11 is 0. The minimum absolute atomic E-state index is 0.328. The molecule has 0 bridgehead atoms. The highest BCUT2D eigenvalue weighted by Crippen LogP contribution is 2.25. The van der Waals surface area contributed by atoms with Crippen molar-refractivity contribution in [2.24, 2.45) is 0 Å². The van der Waals surface area contributed by atoms with Gasteiger partial charge in [-0.05, 0) is 61.7 Å². The van der Waals surface area contributed by atoms with Gasteiger partial charge < -0.3 is 14.8 Å². The van der Waals surface area contributed by atoms with E-state index < -0.39 is 16.1 Å². The largest absolute Gasteiger partial charge is 0.497 e. The monoisotopic (exact) mass is 434 g/mol. The minimum Gasteiger partial charge on any atom is -0.497 e. The summed E-state index contributed by atoms with van der Waals surface area (Å²) in [6.07, 6.45) is 2.08. The number of nitrogens with one attached hydrogen (secondary N) is 1. The second-order valence-corrected chi connectivity index (χ2v) is 8.66. The third-order valence-electron chi connectivity index (χ3n) is 4.60. The van der Waals surface area contributed by atoms with Crippen molar-refractivity contribution >= 4 is 21.6 Å². The molecule has 0 saturated heterocycles. The van der Waals surface area contributed by atoms with Gasteiger partial charge in [0.1, 0.15) is 17.5 Å². The zero-order valence-corrected chi connectivity index (χ0v) is 18.7. The molecule has 1 unspecified atom stereocenters. The molecular weight excluding hydrogens is 404 g/mol. The van der Waals surface area contributed by atoms with Crippen molar-refractivity contribution in [1.82, 2.24) is 5.32 Å². The van der Waals surface area contributed by atoms with E-state index in [0.29, 0.717) is 37.4 Å². The molecule has 2 aromatic carbocycles. The Morgan fingerprint density at radius 1 is 1.03 bits per heavy atom. The molecule has 0 aliphatic rings. The Balaban J connectivity index is 2.10. The van der Waals surface area contributed by atoms with Crippen LogP contribution >= 0.6 is 0 Å². The molecule has 0 aliphatic carbocycles. The van der Waals surface area contributed by atoms with Gasteiger partial charge in [0.05, 0.1) is 25.7 Å². The molecule has 0 radical (unpaired) electrons. The lowest BCUT2D eigenvalue weighted by atomic mass is 10.1. The van der Waals surface area contributed by atoms with Gasteiger partial charge in [0.15, 0.2) is 0 Å². The number of rotatable bonds is 11. The van der Waals surface area contributed by atoms with Crippen molar-refractivity contribution in [3.63, 3.8) is 0 Å². The van der Waals surface area contributed by atoms with Gasteiger partial charge in [0.25, 0.3) is 0 Å². The molecule has 0 fully saturated rings. The summed E-state index contributed by atoms with van der Waals surface area (Å²) in [7, 11) is -2.06. The molecule has 2 aromatic rings. The van der Waals surface area contributed by atoms with E-state index in [0.717, 1.165) is 17.6 Å². The average molecular weight is 435 g/mol. The lowest BCUT2D eigenvalue weighted by Gasteiger charge is -2.30. The summed E-state index contributed by atoms with van der Waals surface area (Å²) in [4.78, 5) is 12.8. The first-order valence-corrected chi connectivity index (χ1v) is 11.8. The molecule has 0 spiro atoms. The number of methoxy groups -OCH3 is 1. The van der Waals surface area contributed by atoms with E-state index in [-0.39, 0.29) is 5.91 Å². The van der Waals surface area contributed by atoms with E-state index in [4.69, 9.17) is 9.47 Å². The number of anilines is 1. The number of amides is 1. The molecule has 8 heteroatoms. The molecule has 1 amide bonds. The van der Waals surface area contributed by atoms with Crippen molar-refractivity contribution in [3.05, 3.63) is 54.1 Å². The van der Waals surface area contributed by atoms with Gasteiger partial charge in [0.2, 0.25) is 15.9 Å². The highest BCUT2D eigenvalue weighted by molar-refractivity contribution is 7.92. The van der Waals surface area contributed by atoms with Crippen LogP contribution in [0.25, 0.3) is 0 Å². The number of hydrogen-bond acceptors (Lipinski definition) is 5. The lowest BCUT2D eigenvalue weighted by Crippen LogP contribution is -2.49. The highest BCUT2D eigenvalue weighted by Gasteiger charge is 2.31. The maximum Gasteiger partial charge on any atom is 0.243 e. The molecule has 0 aromatic heterocycles. The van der Waals surface area contributed by atoms with Gasteiger partial charge in [-0.3, -0.25) is 9.10 Å². The second kappa shape index (κ2) is 10.9. The Kier molecular flexibility index (Phi) is 8.53. The smallest absolute Gasteiger partial charge is 0.243 e.